The van der Waals surface area contributed by atoms with Gasteiger partial charge in [-0.1, -0.05) is 6.92 Å². The molecule has 2 aliphatic rings. The van der Waals surface area contributed by atoms with Gasteiger partial charge in [-0.2, -0.15) is 0 Å². The van der Waals surface area contributed by atoms with Crippen molar-refractivity contribution in [3.63, 3.8) is 0 Å². The Morgan fingerprint density at radius 1 is 1.17 bits per heavy atom. The van der Waals surface area contributed by atoms with Gasteiger partial charge in [-0.3, -0.25) is 0 Å². The maximum Gasteiger partial charge on any atom is 0.00827 e. The lowest BCUT2D eigenvalue weighted by molar-refractivity contribution is 0.188. The highest BCUT2D eigenvalue weighted by molar-refractivity contribution is 4.94. The SMILES string of the molecule is C[C@H]1CC[C@@H](N)[C@H]2CN(C)C[C@H]21. The lowest BCUT2D eigenvalue weighted by Crippen LogP contribution is -2.41. The fourth-order valence-electron chi connectivity index (χ4n) is 3.00. The Kier molecular flexibility index (Phi) is 2.13. The Labute approximate surface area is 75.1 Å². The molecule has 0 aromatic carbocycles. The molecule has 0 radical (unpaired) electrons. The molecule has 1 aliphatic heterocycles. The number of fused-ring (bicyclic) bond motifs is 1. The van der Waals surface area contributed by atoms with Crippen molar-refractivity contribution >= 4 is 0 Å². The van der Waals surface area contributed by atoms with Crippen LogP contribution in [0.3, 0.4) is 0 Å². The first-order chi connectivity index (χ1) is 5.68. The van der Waals surface area contributed by atoms with Crippen LogP contribution in [-0.2, 0) is 0 Å². The maximum atomic E-state index is 6.12. The van der Waals surface area contributed by atoms with Crippen LogP contribution in [0.15, 0.2) is 0 Å². The molecule has 0 unspecified atom stereocenters. The molecule has 0 aromatic heterocycles. The minimum atomic E-state index is 0.483. The number of rotatable bonds is 0. The van der Waals surface area contributed by atoms with Crippen molar-refractivity contribution in [2.45, 2.75) is 25.8 Å². The molecule has 1 saturated carbocycles. The molecule has 2 N–H and O–H groups in total. The molecule has 1 heterocycles. The van der Waals surface area contributed by atoms with Gasteiger partial charge in [0.15, 0.2) is 0 Å². The van der Waals surface area contributed by atoms with E-state index in [2.05, 4.69) is 18.9 Å². The summed E-state index contributed by atoms with van der Waals surface area (Å²) in [7, 11) is 2.22. The molecule has 1 aliphatic carbocycles. The van der Waals surface area contributed by atoms with Gasteiger partial charge >= 0.3 is 0 Å². The smallest absolute Gasteiger partial charge is 0.00827 e. The van der Waals surface area contributed by atoms with Crippen LogP contribution in [0.1, 0.15) is 19.8 Å². The van der Waals surface area contributed by atoms with E-state index in [0.29, 0.717) is 6.04 Å². The average Bonchev–Trinajstić information content (AvgIpc) is 2.41. The van der Waals surface area contributed by atoms with Crippen LogP contribution in [0.5, 0.6) is 0 Å². The molecule has 2 rings (SSSR count). The second-order valence-electron chi connectivity index (χ2n) is 4.77. The van der Waals surface area contributed by atoms with Gasteiger partial charge < -0.3 is 10.6 Å². The highest BCUT2D eigenvalue weighted by Gasteiger charge is 2.40. The second kappa shape index (κ2) is 3.00. The quantitative estimate of drug-likeness (QED) is 0.583. The van der Waals surface area contributed by atoms with Crippen LogP contribution in [0.4, 0.5) is 0 Å². The van der Waals surface area contributed by atoms with Crippen LogP contribution in [0, 0.1) is 17.8 Å². The topological polar surface area (TPSA) is 29.3 Å². The Balaban J connectivity index is 2.09. The normalized spacial score (nSPS) is 49.2. The predicted molar refractivity (Wildman–Crippen MR) is 50.9 cm³/mol. The zero-order valence-corrected chi connectivity index (χ0v) is 8.16. The number of hydrogen-bond donors (Lipinski definition) is 1. The first-order valence-corrected chi connectivity index (χ1v) is 5.12. The van der Waals surface area contributed by atoms with E-state index in [1.807, 2.05) is 0 Å². The first-order valence-electron chi connectivity index (χ1n) is 5.12. The molecule has 2 nitrogen and oxygen atoms in total. The summed E-state index contributed by atoms with van der Waals surface area (Å²) in [5.74, 6) is 2.58. The molecule has 70 valence electrons. The summed E-state index contributed by atoms with van der Waals surface area (Å²) >= 11 is 0. The Bertz CT molecular complexity index is 151. The van der Waals surface area contributed by atoms with Crippen molar-refractivity contribution in [3.05, 3.63) is 0 Å². The van der Waals surface area contributed by atoms with Crippen molar-refractivity contribution < 1.29 is 0 Å². The van der Waals surface area contributed by atoms with Gasteiger partial charge in [-0.05, 0) is 37.6 Å². The molecule has 12 heavy (non-hydrogen) atoms. The molecule has 0 spiro atoms. The lowest BCUT2D eigenvalue weighted by Gasteiger charge is -2.35. The Hall–Kier alpha value is -0.0800. The zero-order valence-electron chi connectivity index (χ0n) is 8.16. The number of likely N-dealkylation sites (tertiary alicyclic amines) is 1. The summed E-state index contributed by atoms with van der Waals surface area (Å²) in [6, 6.07) is 0.483. The zero-order chi connectivity index (χ0) is 8.72. The minimum absolute atomic E-state index is 0.483. The van der Waals surface area contributed by atoms with Crippen molar-refractivity contribution in [1.82, 2.24) is 4.90 Å². The van der Waals surface area contributed by atoms with Gasteiger partial charge in [0.1, 0.15) is 0 Å². The Morgan fingerprint density at radius 2 is 1.83 bits per heavy atom. The van der Waals surface area contributed by atoms with Gasteiger partial charge in [0.25, 0.3) is 0 Å². The van der Waals surface area contributed by atoms with E-state index in [1.165, 1.54) is 25.9 Å². The van der Waals surface area contributed by atoms with E-state index in [1.54, 1.807) is 0 Å². The van der Waals surface area contributed by atoms with Crippen molar-refractivity contribution in [2.24, 2.45) is 23.5 Å². The van der Waals surface area contributed by atoms with Crippen LogP contribution >= 0.6 is 0 Å². The van der Waals surface area contributed by atoms with E-state index < -0.39 is 0 Å². The van der Waals surface area contributed by atoms with E-state index in [4.69, 9.17) is 5.73 Å². The predicted octanol–water partition coefficient (Wildman–Crippen LogP) is 0.921. The highest BCUT2D eigenvalue weighted by Crippen LogP contribution is 2.38. The number of nitrogens with two attached hydrogens (primary N) is 1. The third-order valence-corrected chi connectivity index (χ3v) is 3.83. The first kappa shape index (κ1) is 8.52. The van der Waals surface area contributed by atoms with Gasteiger partial charge in [-0.25, -0.2) is 0 Å². The fraction of sp³-hybridized carbons (Fsp3) is 1.00. The summed E-state index contributed by atoms with van der Waals surface area (Å²) in [6.45, 7) is 4.90. The summed E-state index contributed by atoms with van der Waals surface area (Å²) in [5, 5.41) is 0. The van der Waals surface area contributed by atoms with E-state index >= 15 is 0 Å². The van der Waals surface area contributed by atoms with Crippen LogP contribution in [0.25, 0.3) is 0 Å². The van der Waals surface area contributed by atoms with Crippen molar-refractivity contribution in [1.29, 1.82) is 0 Å². The van der Waals surface area contributed by atoms with Crippen LogP contribution < -0.4 is 5.73 Å². The molecule has 0 bridgehead atoms. The molecular formula is C10H20N2. The number of hydrogen-bond acceptors (Lipinski definition) is 2. The third kappa shape index (κ3) is 1.27. The van der Waals surface area contributed by atoms with Crippen molar-refractivity contribution in [3.8, 4) is 0 Å². The molecule has 0 amide bonds. The van der Waals surface area contributed by atoms with E-state index in [0.717, 1.165) is 17.8 Å². The second-order valence-corrected chi connectivity index (χ2v) is 4.77. The molecule has 2 heteroatoms. The molecule has 1 saturated heterocycles. The minimum Gasteiger partial charge on any atom is -0.327 e. The van der Waals surface area contributed by atoms with Gasteiger partial charge in [0, 0.05) is 19.1 Å². The summed E-state index contributed by atoms with van der Waals surface area (Å²) in [4.78, 5) is 2.44. The molecule has 0 aromatic rings. The largest absolute Gasteiger partial charge is 0.327 e. The van der Waals surface area contributed by atoms with E-state index in [9.17, 15) is 0 Å². The average molecular weight is 168 g/mol. The lowest BCUT2D eigenvalue weighted by atomic mass is 9.72. The van der Waals surface area contributed by atoms with Gasteiger partial charge in [-0.15, -0.1) is 0 Å². The van der Waals surface area contributed by atoms with Gasteiger partial charge in [0.05, 0.1) is 0 Å². The summed E-state index contributed by atoms with van der Waals surface area (Å²) in [6.07, 6.45) is 2.59. The van der Waals surface area contributed by atoms with Crippen LogP contribution in [-0.4, -0.2) is 31.1 Å². The summed E-state index contributed by atoms with van der Waals surface area (Å²) < 4.78 is 0. The Morgan fingerprint density at radius 3 is 2.50 bits per heavy atom. The molecule has 4 atom stereocenters. The van der Waals surface area contributed by atoms with Crippen LogP contribution in [0.2, 0.25) is 0 Å². The molecule has 2 fully saturated rings. The maximum absolute atomic E-state index is 6.12. The highest BCUT2D eigenvalue weighted by atomic mass is 15.1. The summed E-state index contributed by atoms with van der Waals surface area (Å²) in [5.41, 5.74) is 6.12. The van der Waals surface area contributed by atoms with E-state index in [-0.39, 0.29) is 0 Å². The van der Waals surface area contributed by atoms with Gasteiger partial charge in [0.2, 0.25) is 0 Å². The molecular weight excluding hydrogens is 148 g/mol. The monoisotopic (exact) mass is 168 g/mol. The standard InChI is InChI=1S/C10H20N2/c1-7-3-4-10(11)9-6-12(2)5-8(7)9/h7-10H,3-6,11H2,1-2H3/t7-,8-,9-,10+/m0/s1. The third-order valence-electron chi connectivity index (χ3n) is 3.83. The number of nitrogens with zero attached hydrogens (tertiary/aromatic N) is 1. The van der Waals surface area contributed by atoms with Crippen molar-refractivity contribution in [2.75, 3.05) is 20.1 Å². The fourth-order valence-corrected chi connectivity index (χ4v) is 3.00.